The maximum absolute atomic E-state index is 9.66. The molecule has 1 heterocycles. The minimum atomic E-state index is -0.602. The first-order chi connectivity index (χ1) is 8.83. The van der Waals surface area contributed by atoms with Crippen LogP contribution in [0.2, 0.25) is 0 Å². The van der Waals surface area contributed by atoms with E-state index in [1.165, 1.54) is 19.3 Å². The van der Waals surface area contributed by atoms with Crippen molar-refractivity contribution in [2.24, 2.45) is 0 Å². The van der Waals surface area contributed by atoms with E-state index in [2.05, 4.69) is 29.8 Å². The highest BCUT2D eigenvalue weighted by Crippen LogP contribution is 2.01. The second kappa shape index (κ2) is 9.44. The van der Waals surface area contributed by atoms with E-state index in [-0.39, 0.29) is 0 Å². The van der Waals surface area contributed by atoms with Gasteiger partial charge in [0.1, 0.15) is 11.8 Å². The summed E-state index contributed by atoms with van der Waals surface area (Å²) in [4.78, 5) is 4.08. The monoisotopic (exact) mass is 243 g/mol. The molecule has 96 valence electrons. The Kier molecular flexibility index (Phi) is 7.59. The molecule has 2 nitrogen and oxygen atoms in total. The molecule has 0 saturated heterocycles. The van der Waals surface area contributed by atoms with Crippen LogP contribution >= 0.6 is 0 Å². The first-order valence-corrected chi connectivity index (χ1v) is 6.58. The third-order valence-corrected chi connectivity index (χ3v) is 2.53. The predicted octanol–water partition coefficient (Wildman–Crippen LogP) is 3.32. The molecule has 2 heteroatoms. The molecule has 1 aromatic heterocycles. The molecule has 1 unspecified atom stereocenters. The van der Waals surface area contributed by atoms with Crippen LogP contribution in [0.1, 0.15) is 44.7 Å². The van der Waals surface area contributed by atoms with Crippen LogP contribution in [-0.2, 0) is 0 Å². The van der Waals surface area contributed by atoms with Gasteiger partial charge in [-0.25, -0.2) is 4.98 Å². The maximum atomic E-state index is 9.66. The Hall–Kier alpha value is -1.59. The minimum absolute atomic E-state index is 0.589. The quantitative estimate of drug-likeness (QED) is 0.472. The third kappa shape index (κ3) is 6.88. The Balaban J connectivity index is 2.25. The lowest BCUT2D eigenvalue weighted by molar-refractivity contribution is 0.236. The highest BCUT2D eigenvalue weighted by atomic mass is 16.3. The highest BCUT2D eigenvalue weighted by molar-refractivity contribution is 5.28. The molecular weight excluding hydrogens is 222 g/mol. The number of unbranched alkanes of at least 4 members (excludes halogenated alkanes) is 3. The van der Waals surface area contributed by atoms with Crippen molar-refractivity contribution in [2.75, 3.05) is 0 Å². The molecule has 0 bridgehead atoms. The van der Waals surface area contributed by atoms with Crippen LogP contribution in [-0.4, -0.2) is 16.2 Å². The number of rotatable bonds is 6. The molecule has 0 saturated carbocycles. The summed E-state index contributed by atoms with van der Waals surface area (Å²) in [6, 6.07) is 5.57. The Bertz CT molecular complexity index is 400. The lowest BCUT2D eigenvalue weighted by atomic mass is 10.1. The molecule has 0 spiro atoms. The van der Waals surface area contributed by atoms with Crippen molar-refractivity contribution in [3.05, 3.63) is 42.2 Å². The summed E-state index contributed by atoms with van der Waals surface area (Å²) in [5.41, 5.74) is 0.698. The summed E-state index contributed by atoms with van der Waals surface area (Å²) in [5, 5.41) is 9.66. The van der Waals surface area contributed by atoms with E-state index in [0.717, 1.165) is 6.42 Å². The highest BCUT2D eigenvalue weighted by Gasteiger charge is 1.94. The Morgan fingerprint density at radius 3 is 2.94 bits per heavy atom. The summed E-state index contributed by atoms with van der Waals surface area (Å²) in [6.45, 7) is 2.20. The van der Waals surface area contributed by atoms with E-state index in [1.54, 1.807) is 6.20 Å². The topological polar surface area (TPSA) is 33.1 Å². The fraction of sp³-hybridized carbons (Fsp3) is 0.438. The van der Waals surface area contributed by atoms with Crippen molar-refractivity contribution in [1.82, 2.24) is 4.98 Å². The van der Waals surface area contributed by atoms with Crippen LogP contribution in [0.5, 0.6) is 0 Å². The van der Waals surface area contributed by atoms with Crippen LogP contribution in [0.3, 0.4) is 0 Å². The van der Waals surface area contributed by atoms with E-state index in [0.29, 0.717) is 12.1 Å². The van der Waals surface area contributed by atoms with Gasteiger partial charge >= 0.3 is 0 Å². The number of hydrogen-bond donors (Lipinski definition) is 1. The number of hydrogen-bond acceptors (Lipinski definition) is 2. The molecule has 0 aliphatic rings. The lowest BCUT2D eigenvalue weighted by Gasteiger charge is -1.97. The number of nitrogens with zero attached hydrogens (tertiary/aromatic N) is 1. The smallest absolute Gasteiger partial charge is 0.118 e. The van der Waals surface area contributed by atoms with Gasteiger partial charge in [0, 0.05) is 12.6 Å². The van der Waals surface area contributed by atoms with Gasteiger partial charge in [0.2, 0.25) is 0 Å². The first-order valence-electron chi connectivity index (χ1n) is 6.58. The average molecular weight is 243 g/mol. The van der Waals surface area contributed by atoms with E-state index in [1.807, 2.05) is 24.3 Å². The summed E-state index contributed by atoms with van der Waals surface area (Å²) in [6.07, 6.45) is 10.6. The fourth-order valence-electron chi connectivity index (χ4n) is 1.51. The molecule has 1 aromatic rings. The molecule has 1 atom stereocenters. The van der Waals surface area contributed by atoms with Crippen LogP contribution in [0, 0.1) is 11.8 Å². The van der Waals surface area contributed by atoms with Gasteiger partial charge in [-0.3, -0.25) is 0 Å². The van der Waals surface area contributed by atoms with Crippen LogP contribution < -0.4 is 0 Å². The maximum Gasteiger partial charge on any atom is 0.118 e. The molecule has 0 aromatic carbocycles. The molecule has 0 aliphatic carbocycles. The average Bonchev–Trinajstić information content (AvgIpc) is 2.41. The SMILES string of the molecule is CCCCCC=CCC(O)C#Cc1ccccn1. The summed E-state index contributed by atoms with van der Waals surface area (Å²) in [7, 11) is 0. The molecule has 18 heavy (non-hydrogen) atoms. The molecule has 1 rings (SSSR count). The van der Waals surface area contributed by atoms with Crippen molar-refractivity contribution >= 4 is 0 Å². The first kappa shape index (κ1) is 14.5. The van der Waals surface area contributed by atoms with Crippen molar-refractivity contribution in [3.8, 4) is 11.8 Å². The van der Waals surface area contributed by atoms with Crippen molar-refractivity contribution in [2.45, 2.75) is 45.1 Å². The normalized spacial score (nSPS) is 12.1. The second-order valence-corrected chi connectivity index (χ2v) is 4.20. The number of aliphatic hydroxyl groups excluding tert-OH is 1. The molecule has 0 fully saturated rings. The molecule has 0 radical (unpaired) electrons. The molecule has 1 N–H and O–H groups in total. The van der Waals surface area contributed by atoms with Crippen LogP contribution in [0.15, 0.2) is 36.5 Å². The fourth-order valence-corrected chi connectivity index (χ4v) is 1.51. The summed E-state index contributed by atoms with van der Waals surface area (Å²) >= 11 is 0. The Morgan fingerprint density at radius 1 is 1.33 bits per heavy atom. The zero-order chi connectivity index (χ0) is 13.1. The van der Waals surface area contributed by atoms with Gasteiger partial charge in [0.25, 0.3) is 0 Å². The van der Waals surface area contributed by atoms with Gasteiger partial charge in [0.15, 0.2) is 0 Å². The number of aliphatic hydroxyl groups is 1. The van der Waals surface area contributed by atoms with Gasteiger partial charge in [-0.15, -0.1) is 0 Å². The summed E-state index contributed by atoms with van der Waals surface area (Å²) < 4.78 is 0. The Morgan fingerprint density at radius 2 is 2.22 bits per heavy atom. The molecular formula is C16H21NO. The van der Waals surface area contributed by atoms with Crippen LogP contribution in [0.25, 0.3) is 0 Å². The number of allylic oxidation sites excluding steroid dienone is 1. The zero-order valence-corrected chi connectivity index (χ0v) is 11.0. The van der Waals surface area contributed by atoms with Crippen molar-refractivity contribution in [1.29, 1.82) is 0 Å². The van der Waals surface area contributed by atoms with E-state index < -0.39 is 6.10 Å². The molecule has 0 aliphatic heterocycles. The van der Waals surface area contributed by atoms with E-state index in [4.69, 9.17) is 0 Å². The van der Waals surface area contributed by atoms with Gasteiger partial charge in [0.05, 0.1) is 0 Å². The van der Waals surface area contributed by atoms with Crippen molar-refractivity contribution in [3.63, 3.8) is 0 Å². The molecule has 0 amide bonds. The standard InChI is InChI=1S/C16H21NO/c1-2-3-4-5-6-7-11-16(18)13-12-15-10-8-9-14-17-15/h6-10,14,16,18H,2-5,11H2,1H3. The number of aromatic nitrogens is 1. The van der Waals surface area contributed by atoms with Gasteiger partial charge in [-0.1, -0.05) is 43.9 Å². The van der Waals surface area contributed by atoms with Crippen LogP contribution in [0.4, 0.5) is 0 Å². The predicted molar refractivity (Wildman–Crippen MR) is 75.0 cm³/mol. The van der Waals surface area contributed by atoms with Gasteiger partial charge in [-0.05, 0) is 30.9 Å². The summed E-state index contributed by atoms with van der Waals surface area (Å²) in [5.74, 6) is 5.65. The van der Waals surface area contributed by atoms with E-state index >= 15 is 0 Å². The second-order valence-electron chi connectivity index (χ2n) is 4.20. The largest absolute Gasteiger partial charge is 0.380 e. The van der Waals surface area contributed by atoms with Gasteiger partial charge in [-0.2, -0.15) is 0 Å². The zero-order valence-electron chi connectivity index (χ0n) is 11.0. The third-order valence-electron chi connectivity index (χ3n) is 2.53. The Labute approximate surface area is 110 Å². The van der Waals surface area contributed by atoms with Crippen molar-refractivity contribution < 1.29 is 5.11 Å². The lowest BCUT2D eigenvalue weighted by Crippen LogP contribution is -2.00. The minimum Gasteiger partial charge on any atom is -0.380 e. The van der Waals surface area contributed by atoms with E-state index in [9.17, 15) is 5.11 Å². The van der Waals surface area contributed by atoms with Gasteiger partial charge < -0.3 is 5.11 Å². The number of pyridine rings is 1.